The molecule has 11 nitrogen and oxygen atoms in total. The van der Waals surface area contributed by atoms with Crippen molar-refractivity contribution in [3.8, 4) is 0 Å². The second-order valence-corrected chi connectivity index (χ2v) is 14.9. The summed E-state index contributed by atoms with van der Waals surface area (Å²) < 4.78 is 32.6. The fraction of sp³-hybridized carbons (Fsp3) is 0.868. The van der Waals surface area contributed by atoms with E-state index >= 15 is 0 Å². The lowest BCUT2D eigenvalue weighted by Gasteiger charge is -2.20. The van der Waals surface area contributed by atoms with Crippen LogP contribution in [-0.2, 0) is 37.5 Å². The second-order valence-electron chi connectivity index (χ2n) is 13.4. The summed E-state index contributed by atoms with van der Waals surface area (Å²) in [5.74, 6) is -2.39. The molecule has 50 heavy (non-hydrogen) atoms. The Labute approximate surface area is 303 Å². The third-order valence-corrected chi connectivity index (χ3v) is 9.46. The maximum absolute atomic E-state index is 12.6. The molecule has 0 amide bonds. The summed E-state index contributed by atoms with van der Waals surface area (Å²) in [7, 11) is -4.71. The van der Waals surface area contributed by atoms with Gasteiger partial charge in [-0.3, -0.25) is 23.4 Å². The topological polar surface area (TPSA) is 172 Å². The van der Waals surface area contributed by atoms with Crippen LogP contribution >= 0.6 is 7.82 Å². The van der Waals surface area contributed by atoms with Crippen molar-refractivity contribution in [2.45, 2.75) is 193 Å². The van der Waals surface area contributed by atoms with Gasteiger partial charge in [0.1, 0.15) is 12.6 Å². The molecule has 0 aliphatic rings. The van der Waals surface area contributed by atoms with E-state index in [2.05, 4.69) is 30.5 Å². The lowest BCUT2D eigenvalue weighted by Crippen LogP contribution is -2.34. The minimum atomic E-state index is -4.71. The van der Waals surface area contributed by atoms with Crippen molar-refractivity contribution in [2.24, 2.45) is 5.73 Å². The number of hydrogen-bond donors (Lipinski definition) is 3. The number of hydrogen-bond acceptors (Lipinski definition) is 9. The predicted octanol–water partition coefficient (Wildman–Crippen LogP) is 9.73. The summed E-state index contributed by atoms with van der Waals surface area (Å²) in [5, 5.41) is 8.86. The van der Waals surface area contributed by atoms with Gasteiger partial charge in [0.2, 0.25) is 0 Å². The van der Waals surface area contributed by atoms with E-state index in [0.29, 0.717) is 12.8 Å². The molecule has 0 aliphatic carbocycles. The van der Waals surface area contributed by atoms with E-state index in [1.807, 2.05) is 0 Å². The fourth-order valence-electron chi connectivity index (χ4n) is 5.35. The lowest BCUT2D eigenvalue weighted by molar-refractivity contribution is -0.161. The number of carboxylic acid groups (broad SMARTS) is 1. The Hall–Kier alpha value is -1.78. The highest BCUT2D eigenvalue weighted by Crippen LogP contribution is 2.43. The third-order valence-electron chi connectivity index (χ3n) is 8.51. The molecule has 0 heterocycles. The molecule has 0 bridgehead atoms. The number of carbonyl (C=O) groups is 3. The van der Waals surface area contributed by atoms with Crippen molar-refractivity contribution in [1.82, 2.24) is 0 Å². The van der Waals surface area contributed by atoms with Gasteiger partial charge >= 0.3 is 25.7 Å². The molecule has 1 unspecified atom stereocenters. The van der Waals surface area contributed by atoms with Crippen LogP contribution in [0.4, 0.5) is 0 Å². The van der Waals surface area contributed by atoms with Crippen molar-refractivity contribution in [2.75, 3.05) is 19.8 Å². The van der Waals surface area contributed by atoms with Crippen molar-refractivity contribution < 1.29 is 47.5 Å². The monoisotopic (exact) mass is 733 g/mol. The highest BCUT2D eigenvalue weighted by Gasteiger charge is 2.28. The summed E-state index contributed by atoms with van der Waals surface area (Å²) in [6.45, 7) is 2.77. The average molecular weight is 734 g/mol. The number of rotatable bonds is 37. The van der Waals surface area contributed by atoms with Crippen molar-refractivity contribution in [3.63, 3.8) is 0 Å². The Morgan fingerprint density at radius 2 is 1.00 bits per heavy atom. The SMILES string of the molecule is CCCCCCCC/C=C/CCCCCC(=O)OC[C@H](COP(=O)(O)OC[C@H](N)C(=O)O)OC(=O)CCCCCCCCCCCCCCC. The van der Waals surface area contributed by atoms with E-state index in [9.17, 15) is 23.8 Å². The van der Waals surface area contributed by atoms with Crippen molar-refractivity contribution in [1.29, 1.82) is 0 Å². The lowest BCUT2D eigenvalue weighted by atomic mass is 10.0. The molecule has 4 N–H and O–H groups in total. The van der Waals surface area contributed by atoms with Gasteiger partial charge in [0, 0.05) is 12.8 Å². The molecule has 0 aliphatic heterocycles. The molecular weight excluding hydrogens is 661 g/mol. The molecule has 0 aromatic rings. The number of allylic oxidation sites excluding steroid dienone is 2. The number of esters is 2. The summed E-state index contributed by atoms with van der Waals surface area (Å²) >= 11 is 0. The van der Waals surface area contributed by atoms with E-state index in [4.69, 9.17) is 24.8 Å². The van der Waals surface area contributed by atoms with E-state index in [-0.39, 0.29) is 19.4 Å². The summed E-state index contributed by atoms with van der Waals surface area (Å²) in [6.07, 6.45) is 31.4. The largest absolute Gasteiger partial charge is 0.480 e. The van der Waals surface area contributed by atoms with Crippen molar-refractivity contribution >= 4 is 25.7 Å². The first-order chi connectivity index (χ1) is 24.1. The van der Waals surface area contributed by atoms with Gasteiger partial charge in [-0.1, -0.05) is 142 Å². The van der Waals surface area contributed by atoms with Crippen LogP contribution in [0.1, 0.15) is 181 Å². The summed E-state index contributed by atoms with van der Waals surface area (Å²) in [6, 6.07) is -1.52. The van der Waals surface area contributed by atoms with Crippen LogP contribution in [-0.4, -0.2) is 59.9 Å². The molecule has 0 fully saturated rings. The first-order valence-electron chi connectivity index (χ1n) is 19.7. The molecule has 0 rings (SSSR count). The smallest absolute Gasteiger partial charge is 0.472 e. The van der Waals surface area contributed by atoms with Crippen LogP contribution in [0.5, 0.6) is 0 Å². The zero-order valence-corrected chi connectivity index (χ0v) is 32.4. The number of unbranched alkanes of at least 4 members (excludes halogenated alkanes) is 21. The molecule has 0 radical (unpaired) electrons. The van der Waals surface area contributed by atoms with E-state index in [0.717, 1.165) is 44.9 Å². The van der Waals surface area contributed by atoms with Crippen LogP contribution in [0.3, 0.4) is 0 Å². The van der Waals surface area contributed by atoms with E-state index in [1.54, 1.807) is 0 Å². The molecule has 12 heteroatoms. The Kier molecular flexibility index (Phi) is 33.1. The minimum Gasteiger partial charge on any atom is -0.480 e. The highest BCUT2D eigenvalue weighted by atomic mass is 31.2. The normalized spacial score (nSPS) is 14.0. The fourth-order valence-corrected chi connectivity index (χ4v) is 6.13. The molecule has 0 spiro atoms. The zero-order chi connectivity index (χ0) is 37.1. The Balaban J connectivity index is 4.43. The molecule has 3 atom stereocenters. The number of carboxylic acids is 1. The molecule has 0 aromatic carbocycles. The molecule has 0 aromatic heterocycles. The Morgan fingerprint density at radius 1 is 0.600 bits per heavy atom. The molecule has 0 saturated carbocycles. The van der Waals surface area contributed by atoms with Crippen LogP contribution in [0.2, 0.25) is 0 Å². The summed E-state index contributed by atoms with van der Waals surface area (Å²) in [5.41, 5.74) is 5.31. The van der Waals surface area contributed by atoms with Crippen LogP contribution in [0.25, 0.3) is 0 Å². The van der Waals surface area contributed by atoms with Gasteiger partial charge in [-0.15, -0.1) is 0 Å². The van der Waals surface area contributed by atoms with Gasteiger partial charge in [-0.25, -0.2) is 4.57 Å². The second kappa shape index (κ2) is 34.3. The maximum atomic E-state index is 12.6. The van der Waals surface area contributed by atoms with Gasteiger partial charge in [-0.05, 0) is 38.5 Å². The zero-order valence-electron chi connectivity index (χ0n) is 31.5. The number of ether oxygens (including phenoxy) is 2. The Bertz CT molecular complexity index is 916. The van der Waals surface area contributed by atoms with E-state index < -0.39 is 51.1 Å². The van der Waals surface area contributed by atoms with Crippen molar-refractivity contribution in [3.05, 3.63) is 12.2 Å². The average Bonchev–Trinajstić information content (AvgIpc) is 3.09. The first-order valence-corrected chi connectivity index (χ1v) is 21.2. The van der Waals surface area contributed by atoms with Gasteiger partial charge < -0.3 is 25.2 Å². The third kappa shape index (κ3) is 33.4. The van der Waals surface area contributed by atoms with Crippen LogP contribution in [0.15, 0.2) is 12.2 Å². The minimum absolute atomic E-state index is 0.163. The van der Waals surface area contributed by atoms with Crippen LogP contribution in [0, 0.1) is 0 Å². The van der Waals surface area contributed by atoms with Gasteiger partial charge in [-0.2, -0.15) is 0 Å². The number of carbonyl (C=O) groups excluding carboxylic acids is 2. The molecule has 0 saturated heterocycles. The van der Waals surface area contributed by atoms with Gasteiger partial charge in [0.25, 0.3) is 0 Å². The van der Waals surface area contributed by atoms with Gasteiger partial charge in [0.15, 0.2) is 6.10 Å². The standard InChI is InChI=1S/C38H72NO10P/c1-3-5-7-9-11-13-15-17-19-21-23-25-27-29-36(40)46-31-34(32-47-50(44,45)48-33-35(39)38(42)43)49-37(41)30-28-26-24-22-20-18-16-14-12-10-8-6-4-2/h17,19,34-35H,3-16,18,20-33,39H2,1-2H3,(H,42,43)(H,44,45)/b19-17+/t34-,35+/m1/s1. The predicted molar refractivity (Wildman–Crippen MR) is 199 cm³/mol. The maximum Gasteiger partial charge on any atom is 0.472 e. The first kappa shape index (κ1) is 48.2. The van der Waals surface area contributed by atoms with Crippen LogP contribution < -0.4 is 5.73 Å². The number of aliphatic carboxylic acids is 1. The number of nitrogens with two attached hydrogens (primary N) is 1. The Morgan fingerprint density at radius 3 is 1.48 bits per heavy atom. The summed E-state index contributed by atoms with van der Waals surface area (Å²) in [4.78, 5) is 45.7. The number of phosphoric acid groups is 1. The molecule has 294 valence electrons. The quantitative estimate of drug-likeness (QED) is 0.0240. The van der Waals surface area contributed by atoms with E-state index in [1.165, 1.54) is 96.3 Å². The number of phosphoric ester groups is 1. The highest BCUT2D eigenvalue weighted by molar-refractivity contribution is 7.47. The molecular formula is C38H72NO10P. The van der Waals surface area contributed by atoms with Gasteiger partial charge in [0.05, 0.1) is 13.2 Å².